The summed E-state index contributed by atoms with van der Waals surface area (Å²) in [6.45, 7) is 9.55. The molecule has 0 atom stereocenters. The summed E-state index contributed by atoms with van der Waals surface area (Å²) in [4.78, 5) is 42.3. The van der Waals surface area contributed by atoms with E-state index in [1.54, 1.807) is 41.2 Å². The average molecular weight is 642 g/mol. The van der Waals surface area contributed by atoms with E-state index in [4.69, 9.17) is 19.3 Å². The molecule has 2 aliphatic heterocycles. The Morgan fingerprint density at radius 3 is 2.34 bits per heavy atom. The number of fused-ring (bicyclic) bond motifs is 1. The highest BCUT2D eigenvalue weighted by Gasteiger charge is 2.28. The zero-order valence-corrected chi connectivity index (χ0v) is 27.7. The van der Waals surface area contributed by atoms with Gasteiger partial charge < -0.3 is 29.3 Å². The van der Waals surface area contributed by atoms with Gasteiger partial charge in [-0.25, -0.2) is 9.48 Å². The molecule has 2 aromatic carbocycles. The van der Waals surface area contributed by atoms with Crippen LogP contribution in [-0.2, 0) is 11.2 Å². The third kappa shape index (κ3) is 8.21. The quantitative estimate of drug-likeness (QED) is 0.336. The predicted molar refractivity (Wildman–Crippen MR) is 180 cm³/mol. The van der Waals surface area contributed by atoms with E-state index in [0.29, 0.717) is 55.5 Å². The fourth-order valence-electron chi connectivity index (χ4n) is 5.46. The Labute approximate surface area is 275 Å². The van der Waals surface area contributed by atoms with Crippen molar-refractivity contribution in [3.8, 4) is 11.5 Å². The van der Waals surface area contributed by atoms with Crippen molar-refractivity contribution in [3.05, 3.63) is 89.3 Å². The minimum atomic E-state index is -0.570. The summed E-state index contributed by atoms with van der Waals surface area (Å²) in [7, 11) is 1.61. The van der Waals surface area contributed by atoms with E-state index in [1.807, 2.05) is 68.8 Å². The van der Waals surface area contributed by atoms with Crippen LogP contribution in [0.15, 0.2) is 66.8 Å². The lowest BCUT2D eigenvalue weighted by Gasteiger charge is -2.35. The molecule has 1 fully saturated rings. The van der Waals surface area contributed by atoms with E-state index >= 15 is 0 Å². The van der Waals surface area contributed by atoms with Crippen LogP contribution >= 0.6 is 0 Å². The van der Waals surface area contributed by atoms with E-state index in [0.717, 1.165) is 36.2 Å². The number of methoxy groups -OCH3 is 1. The zero-order valence-electron chi connectivity index (χ0n) is 27.7. The van der Waals surface area contributed by atoms with Crippen LogP contribution in [0.1, 0.15) is 72.6 Å². The molecule has 5 rings (SSSR count). The molecular formula is C36H43N5O6. The first-order chi connectivity index (χ1) is 22.6. The van der Waals surface area contributed by atoms with Crippen molar-refractivity contribution in [2.24, 2.45) is 0 Å². The molecule has 0 spiro atoms. The van der Waals surface area contributed by atoms with Crippen LogP contribution in [0.2, 0.25) is 0 Å². The van der Waals surface area contributed by atoms with Crippen LogP contribution in [0.25, 0.3) is 5.70 Å². The van der Waals surface area contributed by atoms with Crippen molar-refractivity contribution in [1.82, 2.24) is 19.6 Å². The molecule has 3 heterocycles. The van der Waals surface area contributed by atoms with Gasteiger partial charge >= 0.3 is 6.09 Å². The SMILES string of the molecule is CCOc1cc(/C2=C/C=C\CCCc3cc(C(=O)Nc4ccc(C(=O)N5CCN(C(=O)OC(C)(C)C)CC5)cc4)nn32)ccc1OC. The molecule has 248 valence electrons. The van der Waals surface area contributed by atoms with Crippen molar-refractivity contribution in [2.45, 2.75) is 52.6 Å². The molecule has 2 aliphatic rings. The Morgan fingerprint density at radius 2 is 1.66 bits per heavy atom. The van der Waals surface area contributed by atoms with Gasteiger partial charge in [-0.1, -0.05) is 12.2 Å². The number of allylic oxidation sites excluding steroid dienone is 3. The third-order valence-electron chi connectivity index (χ3n) is 7.81. The van der Waals surface area contributed by atoms with E-state index in [9.17, 15) is 14.4 Å². The molecule has 1 saturated heterocycles. The number of anilines is 1. The minimum Gasteiger partial charge on any atom is -0.493 e. The lowest BCUT2D eigenvalue weighted by Crippen LogP contribution is -2.51. The molecule has 0 bridgehead atoms. The number of benzene rings is 2. The molecule has 0 unspecified atom stereocenters. The largest absolute Gasteiger partial charge is 0.493 e. The van der Waals surface area contributed by atoms with Crippen LogP contribution in [0, 0.1) is 0 Å². The predicted octanol–water partition coefficient (Wildman–Crippen LogP) is 6.02. The van der Waals surface area contributed by atoms with Gasteiger partial charge in [-0.3, -0.25) is 9.59 Å². The summed E-state index contributed by atoms with van der Waals surface area (Å²) in [5.74, 6) is 0.799. The second-order valence-corrected chi connectivity index (χ2v) is 12.4. The number of rotatable bonds is 7. The average Bonchev–Trinajstić information content (AvgIpc) is 3.50. The van der Waals surface area contributed by atoms with Gasteiger partial charge in [0, 0.05) is 48.7 Å². The normalized spacial score (nSPS) is 16.8. The summed E-state index contributed by atoms with van der Waals surface area (Å²) in [6.07, 6.45) is 8.35. The molecule has 3 amide bonds. The number of ether oxygens (including phenoxy) is 3. The monoisotopic (exact) mass is 641 g/mol. The Bertz CT molecular complexity index is 1660. The second kappa shape index (κ2) is 14.6. The molecule has 1 N–H and O–H groups in total. The smallest absolute Gasteiger partial charge is 0.410 e. The Hall–Kier alpha value is -5.06. The molecule has 0 aliphatic carbocycles. The lowest BCUT2D eigenvalue weighted by molar-refractivity contribution is 0.0141. The van der Waals surface area contributed by atoms with Crippen LogP contribution in [0.3, 0.4) is 0 Å². The number of nitrogens with zero attached hydrogens (tertiary/aromatic N) is 4. The third-order valence-corrected chi connectivity index (χ3v) is 7.81. The topological polar surface area (TPSA) is 115 Å². The van der Waals surface area contributed by atoms with Gasteiger partial charge in [0.05, 0.1) is 19.4 Å². The maximum atomic E-state index is 13.4. The molecule has 3 aromatic rings. The first-order valence-corrected chi connectivity index (χ1v) is 16.0. The van der Waals surface area contributed by atoms with Gasteiger partial charge in [-0.05, 0) is 102 Å². The fourth-order valence-corrected chi connectivity index (χ4v) is 5.46. The number of aromatic nitrogens is 2. The van der Waals surface area contributed by atoms with Crippen molar-refractivity contribution >= 4 is 29.3 Å². The van der Waals surface area contributed by atoms with E-state index in [2.05, 4.69) is 11.4 Å². The highest BCUT2D eigenvalue weighted by Crippen LogP contribution is 2.32. The highest BCUT2D eigenvalue weighted by molar-refractivity contribution is 6.03. The standard InChI is InChI=1S/C36H43N5O6/c1-6-46-32-23-26(15-18-31(32)45-5)30-12-10-8-7-9-11-28-24-29(38-41(28)30)33(42)37-27-16-13-25(14-17-27)34(43)39-19-21-40(22-20-39)35(44)47-36(2,3)4/h8,10,12-18,23-24H,6-7,9,11,19-22H2,1-5H3,(H,37,42)/b10-8-,30-12-. The van der Waals surface area contributed by atoms with Gasteiger partial charge in [-0.15, -0.1) is 0 Å². The van der Waals surface area contributed by atoms with Crippen molar-refractivity contribution < 1.29 is 28.6 Å². The Morgan fingerprint density at radius 1 is 0.936 bits per heavy atom. The molecule has 0 radical (unpaired) electrons. The maximum absolute atomic E-state index is 13.4. The van der Waals surface area contributed by atoms with Crippen LogP contribution in [-0.4, -0.2) is 83.0 Å². The Kier molecular flexibility index (Phi) is 10.3. The van der Waals surface area contributed by atoms with Gasteiger partial charge in [0.15, 0.2) is 17.2 Å². The number of aryl methyl sites for hydroxylation is 1. The maximum Gasteiger partial charge on any atom is 0.410 e. The highest BCUT2D eigenvalue weighted by atomic mass is 16.6. The lowest BCUT2D eigenvalue weighted by atomic mass is 10.1. The summed E-state index contributed by atoms with van der Waals surface area (Å²) in [5.41, 5.74) is 3.39. The molecule has 1 aromatic heterocycles. The van der Waals surface area contributed by atoms with Crippen molar-refractivity contribution in [3.63, 3.8) is 0 Å². The number of carbonyl (C=O) groups is 3. The number of piperazine rings is 1. The van der Waals surface area contributed by atoms with Crippen LogP contribution in [0.4, 0.5) is 10.5 Å². The van der Waals surface area contributed by atoms with Gasteiger partial charge in [0.2, 0.25) is 0 Å². The number of nitrogens with one attached hydrogen (secondary N) is 1. The molecule has 11 heteroatoms. The molecule has 0 saturated carbocycles. The van der Waals surface area contributed by atoms with Gasteiger partial charge in [0.25, 0.3) is 11.8 Å². The molecule has 11 nitrogen and oxygen atoms in total. The number of hydrogen-bond acceptors (Lipinski definition) is 7. The van der Waals surface area contributed by atoms with Gasteiger partial charge in [-0.2, -0.15) is 5.10 Å². The zero-order chi connectivity index (χ0) is 33.6. The van der Waals surface area contributed by atoms with Crippen molar-refractivity contribution in [1.29, 1.82) is 0 Å². The summed E-state index contributed by atoms with van der Waals surface area (Å²) in [5, 5.41) is 7.67. The minimum absolute atomic E-state index is 0.129. The number of hydrogen-bond donors (Lipinski definition) is 1. The number of amides is 3. The van der Waals surface area contributed by atoms with Crippen molar-refractivity contribution in [2.75, 3.05) is 45.2 Å². The van der Waals surface area contributed by atoms with Gasteiger partial charge in [0.1, 0.15) is 5.60 Å². The van der Waals surface area contributed by atoms with Crippen LogP contribution < -0.4 is 14.8 Å². The summed E-state index contributed by atoms with van der Waals surface area (Å²) < 4.78 is 18.6. The second-order valence-electron chi connectivity index (χ2n) is 12.4. The summed E-state index contributed by atoms with van der Waals surface area (Å²) >= 11 is 0. The molecular weight excluding hydrogens is 598 g/mol. The fraction of sp³-hybridized carbons (Fsp3) is 0.389. The molecule has 47 heavy (non-hydrogen) atoms. The summed E-state index contributed by atoms with van der Waals surface area (Å²) in [6, 6.07) is 14.4. The first kappa shape index (κ1) is 33.3. The van der Waals surface area contributed by atoms with E-state index in [1.165, 1.54) is 0 Å². The van der Waals surface area contributed by atoms with E-state index < -0.39 is 5.60 Å². The number of carbonyl (C=O) groups excluding carboxylic acids is 3. The first-order valence-electron chi connectivity index (χ1n) is 16.0. The van der Waals surface area contributed by atoms with E-state index in [-0.39, 0.29) is 23.6 Å². The van der Waals surface area contributed by atoms with Crippen LogP contribution in [0.5, 0.6) is 11.5 Å². The Balaban J connectivity index is 1.27.